The molecule has 1 aromatic heterocycles. The van der Waals surface area contributed by atoms with Crippen molar-refractivity contribution in [1.82, 2.24) is 14.6 Å². The molecule has 3 rings (SSSR count). The van der Waals surface area contributed by atoms with E-state index in [0.29, 0.717) is 38.0 Å². The number of hydrogen-bond acceptors (Lipinski definition) is 4. The van der Waals surface area contributed by atoms with Gasteiger partial charge in [-0.2, -0.15) is 0 Å². The minimum Gasteiger partial charge on any atom is -0.352 e. The number of amides is 1. The lowest BCUT2D eigenvalue weighted by molar-refractivity contribution is 0.0950. The molecule has 6 nitrogen and oxygen atoms in total. The summed E-state index contributed by atoms with van der Waals surface area (Å²) in [6.07, 6.45) is 3.16. The fourth-order valence-electron chi connectivity index (χ4n) is 3.90. The molecule has 0 bridgehead atoms. The van der Waals surface area contributed by atoms with Crippen LogP contribution in [0, 0.1) is 6.92 Å². The third-order valence-corrected chi connectivity index (χ3v) is 7.56. The molecule has 30 heavy (non-hydrogen) atoms. The summed E-state index contributed by atoms with van der Waals surface area (Å²) in [7, 11) is -3.17. The van der Waals surface area contributed by atoms with Gasteiger partial charge < -0.3 is 5.32 Å². The van der Waals surface area contributed by atoms with E-state index in [0.717, 1.165) is 24.2 Å². The molecule has 0 aliphatic carbocycles. The summed E-state index contributed by atoms with van der Waals surface area (Å²) in [4.78, 5) is 17.5. The lowest BCUT2D eigenvalue weighted by Gasteiger charge is -2.31. The highest BCUT2D eigenvalue weighted by Gasteiger charge is 2.30. The Morgan fingerprint density at radius 3 is 2.50 bits per heavy atom. The predicted molar refractivity (Wildman–Crippen MR) is 119 cm³/mol. The highest BCUT2D eigenvalue weighted by Crippen LogP contribution is 2.30. The van der Waals surface area contributed by atoms with Gasteiger partial charge in [0.2, 0.25) is 10.0 Å². The van der Waals surface area contributed by atoms with Crippen molar-refractivity contribution in [1.29, 1.82) is 0 Å². The van der Waals surface area contributed by atoms with Gasteiger partial charge in [0.15, 0.2) is 0 Å². The van der Waals surface area contributed by atoms with Gasteiger partial charge in [-0.05, 0) is 57.2 Å². The minimum absolute atomic E-state index is 0.0956. The molecule has 2 aromatic rings. The first-order chi connectivity index (χ1) is 14.4. The van der Waals surface area contributed by atoms with E-state index in [4.69, 9.17) is 0 Å². The monoisotopic (exact) mass is 429 g/mol. The molecule has 0 saturated carbocycles. The van der Waals surface area contributed by atoms with Gasteiger partial charge in [-0.1, -0.05) is 30.3 Å². The van der Waals surface area contributed by atoms with E-state index in [-0.39, 0.29) is 17.6 Å². The van der Waals surface area contributed by atoms with E-state index in [1.54, 1.807) is 11.2 Å². The van der Waals surface area contributed by atoms with Gasteiger partial charge in [-0.15, -0.1) is 0 Å². The van der Waals surface area contributed by atoms with Crippen molar-refractivity contribution in [3.63, 3.8) is 0 Å². The van der Waals surface area contributed by atoms with E-state index >= 15 is 0 Å². The number of carbonyl (C=O) groups excluding carboxylic acids is 1. The minimum atomic E-state index is -3.17. The van der Waals surface area contributed by atoms with Gasteiger partial charge in [-0.3, -0.25) is 9.78 Å². The first-order valence-corrected chi connectivity index (χ1v) is 12.3. The zero-order valence-corrected chi connectivity index (χ0v) is 18.6. The molecule has 1 aromatic carbocycles. The quantitative estimate of drug-likeness (QED) is 0.653. The van der Waals surface area contributed by atoms with Crippen LogP contribution in [0.15, 0.2) is 42.5 Å². The maximum atomic E-state index is 12.8. The Hall–Kier alpha value is -2.25. The van der Waals surface area contributed by atoms with Gasteiger partial charge in [0.05, 0.1) is 17.0 Å². The second-order valence-corrected chi connectivity index (χ2v) is 10.1. The number of rotatable bonds is 8. The molecule has 7 heteroatoms. The van der Waals surface area contributed by atoms with Crippen molar-refractivity contribution in [2.75, 3.05) is 25.4 Å². The fourth-order valence-corrected chi connectivity index (χ4v) is 5.04. The summed E-state index contributed by atoms with van der Waals surface area (Å²) in [5, 5.41) is 3.03. The van der Waals surface area contributed by atoms with Crippen molar-refractivity contribution in [2.24, 2.45) is 0 Å². The zero-order valence-electron chi connectivity index (χ0n) is 17.8. The van der Waals surface area contributed by atoms with E-state index in [9.17, 15) is 13.2 Å². The highest BCUT2D eigenvalue weighted by atomic mass is 32.2. The number of nitrogens with one attached hydrogen (secondary N) is 1. The van der Waals surface area contributed by atoms with Crippen LogP contribution >= 0.6 is 0 Å². The smallest absolute Gasteiger partial charge is 0.253 e. The molecule has 1 fully saturated rings. The van der Waals surface area contributed by atoms with E-state index in [2.05, 4.69) is 22.4 Å². The average molecular weight is 430 g/mol. The summed E-state index contributed by atoms with van der Waals surface area (Å²) in [5.41, 5.74) is 3.54. The SMILES string of the molecule is CCS(=O)(=O)N1CCC(c2nc(C)ccc2C(=O)NCCCc2ccccc2)CC1. The number of benzene rings is 1. The Morgan fingerprint density at radius 1 is 1.13 bits per heavy atom. The van der Waals surface area contributed by atoms with E-state index in [1.807, 2.05) is 37.3 Å². The molecule has 1 aliphatic rings. The van der Waals surface area contributed by atoms with Crippen LogP contribution in [0.25, 0.3) is 0 Å². The molecule has 1 amide bonds. The third-order valence-electron chi connectivity index (χ3n) is 5.68. The topological polar surface area (TPSA) is 79.4 Å². The third kappa shape index (κ3) is 5.67. The number of pyridine rings is 1. The highest BCUT2D eigenvalue weighted by molar-refractivity contribution is 7.89. The first-order valence-electron chi connectivity index (χ1n) is 10.7. The van der Waals surface area contributed by atoms with Gasteiger partial charge >= 0.3 is 0 Å². The molecule has 0 atom stereocenters. The number of hydrogen-bond donors (Lipinski definition) is 1. The van der Waals surface area contributed by atoms with E-state index in [1.165, 1.54) is 5.56 Å². The molecule has 2 heterocycles. The molecular formula is C23H31N3O3S. The summed E-state index contributed by atoms with van der Waals surface area (Å²) in [5.74, 6) is 0.115. The summed E-state index contributed by atoms with van der Waals surface area (Å²) >= 11 is 0. The normalized spacial score (nSPS) is 15.8. The lowest BCUT2D eigenvalue weighted by atomic mass is 9.90. The van der Waals surface area contributed by atoms with Crippen LogP contribution in [0.3, 0.4) is 0 Å². The maximum absolute atomic E-state index is 12.8. The Bertz CT molecular complexity index is 953. The van der Waals surface area contributed by atoms with Crippen LogP contribution in [0.5, 0.6) is 0 Å². The fraction of sp³-hybridized carbons (Fsp3) is 0.478. The standard InChI is InChI=1S/C23H31N3O3S/c1-3-30(28,29)26-16-13-20(14-17-26)22-21(12-11-18(2)25-22)23(27)24-15-7-10-19-8-5-4-6-9-19/h4-6,8-9,11-12,20H,3,7,10,13-17H2,1-2H3,(H,24,27). The first kappa shape index (κ1) is 22.4. The van der Waals surface area contributed by atoms with Crippen molar-refractivity contribution in [3.05, 3.63) is 65.0 Å². The van der Waals surface area contributed by atoms with Crippen LogP contribution in [-0.4, -0.2) is 49.0 Å². The van der Waals surface area contributed by atoms with Gasteiger partial charge in [0.1, 0.15) is 0 Å². The Balaban J connectivity index is 1.61. The molecule has 0 unspecified atom stereocenters. The van der Waals surface area contributed by atoms with Crippen molar-refractivity contribution in [2.45, 2.75) is 45.4 Å². The maximum Gasteiger partial charge on any atom is 0.253 e. The number of nitrogens with zero attached hydrogens (tertiary/aromatic N) is 2. The van der Waals surface area contributed by atoms with Crippen LogP contribution < -0.4 is 5.32 Å². The molecule has 1 saturated heterocycles. The Labute approximate surface area is 179 Å². The second-order valence-electron chi connectivity index (χ2n) is 7.80. The van der Waals surface area contributed by atoms with Crippen molar-refractivity contribution in [3.8, 4) is 0 Å². The summed E-state index contributed by atoms with van der Waals surface area (Å²) < 4.78 is 25.8. The molecule has 0 radical (unpaired) electrons. The number of piperidine rings is 1. The molecule has 162 valence electrons. The lowest BCUT2D eigenvalue weighted by Crippen LogP contribution is -2.39. The van der Waals surface area contributed by atoms with Crippen molar-refractivity contribution >= 4 is 15.9 Å². The Kier molecular flexibility index (Phi) is 7.61. The largest absolute Gasteiger partial charge is 0.352 e. The van der Waals surface area contributed by atoms with Crippen molar-refractivity contribution < 1.29 is 13.2 Å². The number of sulfonamides is 1. The van der Waals surface area contributed by atoms with Crippen LogP contribution in [0.2, 0.25) is 0 Å². The summed E-state index contributed by atoms with van der Waals surface area (Å²) in [6, 6.07) is 13.9. The van der Waals surface area contributed by atoms with Crippen LogP contribution in [0.4, 0.5) is 0 Å². The van der Waals surface area contributed by atoms with Crippen LogP contribution in [0.1, 0.15) is 59.4 Å². The second kappa shape index (κ2) is 10.2. The van der Waals surface area contributed by atoms with Gasteiger partial charge in [-0.25, -0.2) is 12.7 Å². The number of aryl methyl sites for hydroxylation is 2. The molecule has 0 spiro atoms. The predicted octanol–water partition coefficient (Wildman–Crippen LogP) is 3.28. The van der Waals surface area contributed by atoms with Crippen LogP contribution in [-0.2, 0) is 16.4 Å². The Morgan fingerprint density at radius 2 is 1.83 bits per heavy atom. The number of aromatic nitrogens is 1. The summed E-state index contributed by atoms with van der Waals surface area (Å²) in [6.45, 7) is 5.16. The van der Waals surface area contributed by atoms with Gasteiger partial charge in [0, 0.05) is 31.2 Å². The zero-order chi connectivity index (χ0) is 21.6. The molecular weight excluding hydrogens is 398 g/mol. The average Bonchev–Trinajstić information content (AvgIpc) is 2.77. The molecule has 1 aliphatic heterocycles. The van der Waals surface area contributed by atoms with Gasteiger partial charge in [0.25, 0.3) is 5.91 Å². The van der Waals surface area contributed by atoms with E-state index < -0.39 is 10.0 Å². The molecule has 1 N–H and O–H groups in total. The number of carbonyl (C=O) groups is 1.